The van der Waals surface area contributed by atoms with Crippen molar-refractivity contribution >= 4 is 33.2 Å². The molecule has 0 aliphatic carbocycles. The minimum absolute atomic E-state index is 0.00244. The first-order chi connectivity index (χ1) is 13.1. The lowest BCUT2D eigenvalue weighted by Gasteiger charge is -2.31. The minimum Gasteiger partial charge on any atom is -0.466 e. The number of nitrogens with one attached hydrogen (secondary N) is 1. The van der Waals surface area contributed by atoms with E-state index in [4.69, 9.17) is 0 Å². The number of thiophene rings is 1. The molecule has 28 heavy (non-hydrogen) atoms. The Bertz CT molecular complexity index is 1050. The Balaban J connectivity index is 2.39. The third kappa shape index (κ3) is 3.30. The van der Waals surface area contributed by atoms with Crippen LogP contribution in [-0.2, 0) is 14.3 Å². The molecular weight excluding hydrogens is 398 g/mol. The Morgan fingerprint density at radius 3 is 2.46 bits per heavy atom. The number of carbonyl (C=O) groups is 2. The lowest BCUT2D eigenvalue weighted by atomic mass is 9.78. The zero-order chi connectivity index (χ0) is 20.8. The van der Waals surface area contributed by atoms with Crippen LogP contribution in [0.4, 0.5) is 17.6 Å². The molecule has 0 radical (unpaired) electrons. The van der Waals surface area contributed by atoms with Gasteiger partial charge in [-0.25, -0.2) is 9.18 Å². The van der Waals surface area contributed by atoms with Crippen molar-refractivity contribution in [1.29, 1.82) is 0 Å². The number of rotatable bonds is 3. The van der Waals surface area contributed by atoms with Crippen LogP contribution < -0.4 is 5.32 Å². The topological polar surface area (TPSA) is 55.4 Å². The summed E-state index contributed by atoms with van der Waals surface area (Å²) < 4.78 is 60.1. The van der Waals surface area contributed by atoms with Crippen molar-refractivity contribution in [2.24, 2.45) is 0 Å². The summed E-state index contributed by atoms with van der Waals surface area (Å²) in [4.78, 5) is 24.7. The number of esters is 1. The Labute approximate surface area is 161 Å². The van der Waals surface area contributed by atoms with Crippen LogP contribution in [0.2, 0.25) is 0 Å². The highest BCUT2D eigenvalue weighted by atomic mass is 32.1. The van der Waals surface area contributed by atoms with Gasteiger partial charge in [-0.1, -0.05) is 0 Å². The highest BCUT2D eigenvalue weighted by Gasteiger charge is 2.46. The number of hydrogen-bond donors (Lipinski definition) is 1. The Kier molecular flexibility index (Phi) is 5.05. The maximum absolute atomic E-state index is 13.8. The van der Waals surface area contributed by atoms with E-state index in [0.717, 1.165) is 7.11 Å². The first kappa shape index (κ1) is 20.1. The maximum atomic E-state index is 13.8. The van der Waals surface area contributed by atoms with Crippen LogP contribution in [-0.4, -0.2) is 25.0 Å². The monoisotopic (exact) mass is 413 g/mol. The molecule has 0 amide bonds. The van der Waals surface area contributed by atoms with E-state index in [1.54, 1.807) is 0 Å². The highest BCUT2D eigenvalue weighted by molar-refractivity contribution is 7.17. The summed E-state index contributed by atoms with van der Waals surface area (Å²) in [5, 5.41) is 4.02. The van der Waals surface area contributed by atoms with Gasteiger partial charge in [0.15, 0.2) is 5.78 Å². The largest absolute Gasteiger partial charge is 0.466 e. The van der Waals surface area contributed by atoms with Crippen LogP contribution >= 0.6 is 11.3 Å². The zero-order valence-electron chi connectivity index (χ0n) is 15.0. The van der Waals surface area contributed by atoms with Crippen LogP contribution in [0.1, 0.15) is 25.3 Å². The fraction of sp³-hybridized carbons (Fsp3) is 0.263. The van der Waals surface area contributed by atoms with Crippen LogP contribution in [0.3, 0.4) is 0 Å². The van der Waals surface area contributed by atoms with Crippen molar-refractivity contribution in [3.8, 4) is 0 Å². The molecule has 0 bridgehead atoms. The van der Waals surface area contributed by atoms with Crippen LogP contribution in [0.5, 0.6) is 0 Å². The summed E-state index contributed by atoms with van der Waals surface area (Å²) in [5.74, 6) is -3.63. The average Bonchev–Trinajstić information content (AvgIpc) is 3.01. The molecule has 1 N–H and O–H groups in total. The molecule has 1 unspecified atom stereocenters. The van der Waals surface area contributed by atoms with Crippen molar-refractivity contribution in [1.82, 2.24) is 5.32 Å². The number of halogens is 4. The van der Waals surface area contributed by atoms with Crippen molar-refractivity contribution < 1.29 is 31.9 Å². The molecule has 9 heteroatoms. The molecule has 0 fully saturated rings. The van der Waals surface area contributed by atoms with Gasteiger partial charge in [-0.05, 0) is 48.4 Å². The second-order valence-electron chi connectivity index (χ2n) is 6.26. The molecule has 2 aromatic rings. The van der Waals surface area contributed by atoms with Gasteiger partial charge in [0.1, 0.15) is 11.5 Å². The van der Waals surface area contributed by atoms with Gasteiger partial charge < -0.3 is 10.1 Å². The predicted molar refractivity (Wildman–Crippen MR) is 96.1 cm³/mol. The summed E-state index contributed by atoms with van der Waals surface area (Å²) in [6.07, 6.45) is -4.89. The van der Waals surface area contributed by atoms with Gasteiger partial charge in [0.05, 0.1) is 12.7 Å². The number of dihydropyridines is 1. The van der Waals surface area contributed by atoms with Crippen molar-refractivity contribution in [2.45, 2.75) is 25.9 Å². The summed E-state index contributed by atoms with van der Waals surface area (Å²) in [7, 11) is 0.963. The van der Waals surface area contributed by atoms with Gasteiger partial charge in [0, 0.05) is 21.9 Å². The molecule has 1 aromatic carbocycles. The quantitative estimate of drug-likeness (QED) is 0.591. The van der Waals surface area contributed by atoms with E-state index < -0.39 is 40.9 Å². The van der Waals surface area contributed by atoms with Crippen LogP contribution in [0.25, 0.3) is 10.1 Å². The minimum atomic E-state index is -4.89. The molecule has 3 rings (SSSR count). The van der Waals surface area contributed by atoms with E-state index in [0.29, 0.717) is 10.1 Å². The SMILES string of the molecule is COC(=O)C1=C(C(F)(F)F)NC(C)=C(C(C)=O)C1c1csc2ccc(F)cc12. The van der Waals surface area contributed by atoms with Crippen molar-refractivity contribution in [3.05, 3.63) is 57.5 Å². The van der Waals surface area contributed by atoms with Gasteiger partial charge in [0.2, 0.25) is 0 Å². The maximum Gasteiger partial charge on any atom is 0.431 e. The Morgan fingerprint density at radius 2 is 1.89 bits per heavy atom. The number of ether oxygens (including phenoxy) is 1. The van der Waals surface area contributed by atoms with E-state index >= 15 is 0 Å². The smallest absolute Gasteiger partial charge is 0.431 e. The first-order valence-corrected chi connectivity index (χ1v) is 8.99. The van der Waals surface area contributed by atoms with E-state index in [9.17, 15) is 27.2 Å². The number of allylic oxidation sites excluding steroid dienone is 3. The molecule has 2 heterocycles. The summed E-state index contributed by atoms with van der Waals surface area (Å²) in [5.41, 5.74) is -1.80. The Morgan fingerprint density at radius 1 is 1.21 bits per heavy atom. The molecule has 0 saturated heterocycles. The molecule has 0 spiro atoms. The number of Topliss-reactive ketones (excluding diaryl/α,β-unsaturated/α-hetero) is 1. The van der Waals surface area contributed by atoms with Gasteiger partial charge in [0.25, 0.3) is 0 Å². The van der Waals surface area contributed by atoms with Gasteiger partial charge in [-0.2, -0.15) is 13.2 Å². The van der Waals surface area contributed by atoms with Crippen molar-refractivity contribution in [2.75, 3.05) is 7.11 Å². The molecular formula is C19H15F4NO3S. The second-order valence-corrected chi connectivity index (χ2v) is 7.17. The molecule has 0 saturated carbocycles. The van der Waals surface area contributed by atoms with Crippen LogP contribution in [0.15, 0.2) is 46.1 Å². The lowest BCUT2D eigenvalue weighted by molar-refractivity contribution is -0.138. The lowest BCUT2D eigenvalue weighted by Crippen LogP contribution is -2.37. The number of ketones is 1. The van der Waals surface area contributed by atoms with E-state index in [1.165, 1.54) is 48.8 Å². The number of fused-ring (bicyclic) bond motifs is 1. The molecule has 1 aliphatic heterocycles. The van der Waals surface area contributed by atoms with Crippen molar-refractivity contribution in [3.63, 3.8) is 0 Å². The van der Waals surface area contributed by atoms with E-state index in [2.05, 4.69) is 10.1 Å². The standard InChI is InChI=1S/C19H15F4NO3S/c1-8-14(9(2)25)15(12-7-28-13-5-4-10(20)6-11(12)13)16(18(26)27-3)17(24-8)19(21,22)23/h4-7,15,24H,1-3H3. The molecule has 1 aliphatic rings. The normalized spacial score (nSPS) is 17.8. The Hall–Kier alpha value is -2.68. The summed E-state index contributed by atoms with van der Waals surface area (Å²) >= 11 is 1.18. The average molecular weight is 413 g/mol. The molecule has 1 aromatic heterocycles. The molecule has 148 valence electrons. The summed E-state index contributed by atoms with van der Waals surface area (Å²) in [6, 6.07) is 3.91. The van der Waals surface area contributed by atoms with Crippen LogP contribution in [0, 0.1) is 5.82 Å². The number of methoxy groups -OCH3 is 1. The molecule has 1 atom stereocenters. The molecule has 4 nitrogen and oxygen atoms in total. The highest BCUT2D eigenvalue weighted by Crippen LogP contribution is 2.46. The number of alkyl halides is 3. The second kappa shape index (κ2) is 7.05. The third-order valence-electron chi connectivity index (χ3n) is 4.51. The fourth-order valence-electron chi connectivity index (χ4n) is 3.40. The van der Waals surface area contributed by atoms with Gasteiger partial charge in [-0.15, -0.1) is 11.3 Å². The summed E-state index contributed by atoms with van der Waals surface area (Å²) in [6.45, 7) is 2.54. The van der Waals surface area contributed by atoms with E-state index in [-0.39, 0.29) is 16.8 Å². The number of benzene rings is 1. The fourth-order valence-corrected chi connectivity index (χ4v) is 4.37. The third-order valence-corrected chi connectivity index (χ3v) is 5.49. The number of carbonyl (C=O) groups excluding carboxylic acids is 2. The first-order valence-electron chi connectivity index (χ1n) is 8.11. The van der Waals surface area contributed by atoms with E-state index in [1.807, 2.05) is 0 Å². The number of hydrogen-bond acceptors (Lipinski definition) is 5. The predicted octanol–water partition coefficient (Wildman–Crippen LogP) is 4.58. The zero-order valence-corrected chi connectivity index (χ0v) is 15.8. The van der Waals surface area contributed by atoms with Gasteiger partial charge >= 0.3 is 12.1 Å². The van der Waals surface area contributed by atoms with Gasteiger partial charge in [-0.3, -0.25) is 4.79 Å².